The molecule has 0 aliphatic rings. The van der Waals surface area contributed by atoms with Gasteiger partial charge in [0.05, 0.1) is 13.2 Å². The summed E-state index contributed by atoms with van der Waals surface area (Å²) in [6.07, 6.45) is 45.4. The van der Waals surface area contributed by atoms with Gasteiger partial charge < -0.3 is 14.6 Å². The van der Waals surface area contributed by atoms with E-state index in [-0.39, 0.29) is 19.2 Å². The van der Waals surface area contributed by atoms with E-state index in [1.54, 1.807) is 0 Å². The lowest BCUT2D eigenvalue weighted by molar-refractivity contribution is -0.154. The number of esters is 1. The monoisotopic (exact) mass is 586 g/mol. The first kappa shape index (κ1) is 40.1. The minimum atomic E-state index is -0.555. The summed E-state index contributed by atoms with van der Waals surface area (Å²) in [6, 6.07) is 0. The molecule has 0 radical (unpaired) electrons. The highest BCUT2D eigenvalue weighted by atomic mass is 16.6. The van der Waals surface area contributed by atoms with Crippen molar-refractivity contribution in [3.63, 3.8) is 0 Å². The lowest BCUT2D eigenvalue weighted by atomic mass is 10.1. The highest BCUT2D eigenvalue weighted by Crippen LogP contribution is 2.10. The maximum atomic E-state index is 12.1. The first-order valence-electron chi connectivity index (χ1n) is 17.4. The summed E-state index contributed by atoms with van der Waals surface area (Å²) in [5.74, 6) is -0.225. The molecule has 4 heteroatoms. The fourth-order valence-electron chi connectivity index (χ4n) is 4.49. The summed E-state index contributed by atoms with van der Waals surface area (Å²) in [7, 11) is 0. The Morgan fingerprint density at radius 3 is 1.64 bits per heavy atom. The molecule has 0 amide bonds. The Morgan fingerprint density at radius 1 is 0.595 bits per heavy atom. The van der Waals surface area contributed by atoms with Crippen LogP contribution in [-0.2, 0) is 14.3 Å². The van der Waals surface area contributed by atoms with Crippen molar-refractivity contribution in [3.8, 4) is 0 Å². The number of carbonyl (C=O) groups excluding carboxylic acids is 1. The van der Waals surface area contributed by atoms with Crippen LogP contribution in [0.4, 0.5) is 0 Å². The predicted molar refractivity (Wildman–Crippen MR) is 182 cm³/mol. The first-order valence-corrected chi connectivity index (χ1v) is 17.4. The van der Waals surface area contributed by atoms with Crippen molar-refractivity contribution < 1.29 is 19.4 Å². The molecule has 0 aromatic rings. The zero-order chi connectivity index (χ0) is 30.6. The fourth-order valence-corrected chi connectivity index (χ4v) is 4.49. The van der Waals surface area contributed by atoms with Crippen LogP contribution in [0.5, 0.6) is 0 Å². The minimum Gasteiger partial charge on any atom is -0.457 e. The summed E-state index contributed by atoms with van der Waals surface area (Å²) < 4.78 is 11.1. The molecule has 0 spiro atoms. The van der Waals surface area contributed by atoms with Crippen molar-refractivity contribution in [2.24, 2.45) is 0 Å². The van der Waals surface area contributed by atoms with E-state index in [9.17, 15) is 9.90 Å². The van der Waals surface area contributed by atoms with Gasteiger partial charge >= 0.3 is 5.97 Å². The van der Waals surface area contributed by atoms with Crippen LogP contribution in [0.25, 0.3) is 0 Å². The number of unbranched alkanes of at least 4 members (excludes halogenated alkanes) is 13. The quantitative estimate of drug-likeness (QED) is 0.0499. The van der Waals surface area contributed by atoms with Gasteiger partial charge in [-0.3, -0.25) is 4.79 Å². The van der Waals surface area contributed by atoms with Crippen LogP contribution in [0.2, 0.25) is 0 Å². The Morgan fingerprint density at radius 2 is 1.07 bits per heavy atom. The molecule has 1 atom stereocenters. The average Bonchev–Trinajstić information content (AvgIpc) is 3.00. The number of ether oxygens (including phenoxy) is 2. The first-order chi connectivity index (χ1) is 20.7. The third kappa shape index (κ3) is 32.6. The van der Waals surface area contributed by atoms with Crippen molar-refractivity contribution in [1.82, 2.24) is 0 Å². The Balaban J connectivity index is 3.56. The van der Waals surface area contributed by atoms with Crippen LogP contribution < -0.4 is 0 Å². The molecule has 1 unspecified atom stereocenters. The highest BCUT2D eigenvalue weighted by Gasteiger charge is 2.13. The van der Waals surface area contributed by atoms with Gasteiger partial charge in [-0.1, -0.05) is 126 Å². The number of carbonyl (C=O) groups is 1. The summed E-state index contributed by atoms with van der Waals surface area (Å²) >= 11 is 0. The maximum Gasteiger partial charge on any atom is 0.306 e. The van der Waals surface area contributed by atoms with Crippen molar-refractivity contribution >= 4 is 5.97 Å². The number of aliphatic hydroxyl groups excluding tert-OH is 1. The molecule has 0 saturated carbocycles. The minimum absolute atomic E-state index is 0.191. The van der Waals surface area contributed by atoms with Gasteiger partial charge in [0, 0.05) is 13.0 Å². The van der Waals surface area contributed by atoms with Gasteiger partial charge in [-0.05, 0) is 77.0 Å². The van der Waals surface area contributed by atoms with E-state index in [1.807, 2.05) is 0 Å². The van der Waals surface area contributed by atoms with Gasteiger partial charge in [0.1, 0.15) is 6.10 Å². The molecule has 4 nitrogen and oxygen atoms in total. The van der Waals surface area contributed by atoms with E-state index in [2.05, 4.69) is 74.6 Å². The van der Waals surface area contributed by atoms with Crippen LogP contribution in [0.3, 0.4) is 0 Å². The molecule has 0 saturated heterocycles. The Kier molecular flexibility index (Phi) is 33.7. The second kappa shape index (κ2) is 35.3. The Hall–Kier alpha value is -1.91. The molecule has 242 valence electrons. The van der Waals surface area contributed by atoms with E-state index in [4.69, 9.17) is 9.47 Å². The molecule has 0 aliphatic carbocycles. The van der Waals surface area contributed by atoms with Gasteiger partial charge in [0.2, 0.25) is 0 Å². The Labute approximate surface area is 260 Å². The summed E-state index contributed by atoms with van der Waals surface area (Å²) in [6.45, 7) is 5.13. The van der Waals surface area contributed by atoms with E-state index in [1.165, 1.54) is 57.8 Å². The molecule has 1 N–H and O–H groups in total. The van der Waals surface area contributed by atoms with Crippen molar-refractivity contribution in [2.75, 3.05) is 19.8 Å². The molecule has 0 aromatic carbocycles. The molecular formula is C38H66O4. The molecule has 0 rings (SSSR count). The second-order valence-corrected chi connectivity index (χ2v) is 11.2. The standard InChI is InChI=1S/C38H66O4/c1-3-5-7-9-11-13-15-17-19-20-22-24-26-28-30-32-34-41-36-37(35-39)42-38(40)33-31-29-27-25-23-21-18-16-14-12-10-8-6-4-2/h5,7,11,13,16-19,22,24,37,39H,3-4,6,8-10,12,14-15,20-21,23,25-36H2,1-2H3/b7-5-,13-11-,18-16-,19-17-,24-22-. The highest BCUT2D eigenvalue weighted by molar-refractivity contribution is 5.69. The van der Waals surface area contributed by atoms with E-state index in [0.717, 1.165) is 70.6 Å². The number of aliphatic hydroxyl groups is 1. The molecule has 0 fully saturated rings. The molecule has 0 bridgehead atoms. The van der Waals surface area contributed by atoms with E-state index in [0.29, 0.717) is 13.0 Å². The lowest BCUT2D eigenvalue weighted by Crippen LogP contribution is -2.27. The van der Waals surface area contributed by atoms with Crippen LogP contribution in [-0.4, -0.2) is 37.0 Å². The third-order valence-electron chi connectivity index (χ3n) is 7.08. The van der Waals surface area contributed by atoms with Crippen molar-refractivity contribution in [1.29, 1.82) is 0 Å². The molecule has 0 heterocycles. The van der Waals surface area contributed by atoms with Gasteiger partial charge in [-0.25, -0.2) is 0 Å². The van der Waals surface area contributed by atoms with Gasteiger partial charge in [0.25, 0.3) is 0 Å². The van der Waals surface area contributed by atoms with Crippen LogP contribution in [0.15, 0.2) is 60.8 Å². The predicted octanol–water partition coefficient (Wildman–Crippen LogP) is 10.9. The zero-order valence-electron chi connectivity index (χ0n) is 27.5. The van der Waals surface area contributed by atoms with Gasteiger partial charge in [-0.2, -0.15) is 0 Å². The molecule has 0 aromatic heterocycles. The van der Waals surface area contributed by atoms with E-state index >= 15 is 0 Å². The Bertz CT molecular complexity index is 704. The number of hydrogen-bond donors (Lipinski definition) is 1. The summed E-state index contributed by atoms with van der Waals surface area (Å²) in [5, 5.41) is 9.53. The van der Waals surface area contributed by atoms with Crippen molar-refractivity contribution in [2.45, 2.75) is 155 Å². The van der Waals surface area contributed by atoms with Crippen LogP contribution in [0.1, 0.15) is 149 Å². The fraction of sp³-hybridized carbons (Fsp3) is 0.711. The smallest absolute Gasteiger partial charge is 0.306 e. The van der Waals surface area contributed by atoms with Gasteiger partial charge in [0.15, 0.2) is 0 Å². The SMILES string of the molecule is CC/C=C\C/C=C\C/C=C\C/C=C\CCCCCOCC(CO)OC(=O)CCCCCCC/C=C\CCCCCCC. The molecule has 0 aliphatic heterocycles. The zero-order valence-corrected chi connectivity index (χ0v) is 27.5. The summed E-state index contributed by atoms with van der Waals surface area (Å²) in [5.41, 5.74) is 0. The third-order valence-corrected chi connectivity index (χ3v) is 7.08. The second-order valence-electron chi connectivity index (χ2n) is 11.2. The van der Waals surface area contributed by atoms with Crippen LogP contribution >= 0.6 is 0 Å². The van der Waals surface area contributed by atoms with Gasteiger partial charge in [-0.15, -0.1) is 0 Å². The maximum absolute atomic E-state index is 12.1. The van der Waals surface area contributed by atoms with Crippen molar-refractivity contribution in [3.05, 3.63) is 60.8 Å². The topological polar surface area (TPSA) is 55.8 Å². The number of rotatable bonds is 31. The largest absolute Gasteiger partial charge is 0.457 e. The van der Waals surface area contributed by atoms with E-state index < -0.39 is 6.10 Å². The van der Waals surface area contributed by atoms with Crippen LogP contribution in [0, 0.1) is 0 Å². The molecule has 42 heavy (non-hydrogen) atoms. The normalized spacial score (nSPS) is 13.1. The summed E-state index contributed by atoms with van der Waals surface area (Å²) in [4.78, 5) is 12.1. The average molecular weight is 587 g/mol. The molecular weight excluding hydrogens is 520 g/mol. The number of hydrogen-bond acceptors (Lipinski definition) is 4. The number of allylic oxidation sites excluding steroid dienone is 10. The lowest BCUT2D eigenvalue weighted by Gasteiger charge is -2.15.